The second-order valence-corrected chi connectivity index (χ2v) is 5.88. The van der Waals surface area contributed by atoms with Gasteiger partial charge in [0.15, 0.2) is 0 Å². The molecule has 0 bridgehead atoms. The molecule has 0 atom stereocenters. The smallest absolute Gasteiger partial charge is 0.287 e. The van der Waals surface area contributed by atoms with Gasteiger partial charge >= 0.3 is 0 Å². The summed E-state index contributed by atoms with van der Waals surface area (Å²) in [5.41, 5.74) is 7.71. The molecule has 0 saturated heterocycles. The molecule has 9 heteroatoms. The molecule has 3 aromatic rings. The third kappa shape index (κ3) is 4.14. The van der Waals surface area contributed by atoms with Crippen LogP contribution in [0.3, 0.4) is 0 Å². The van der Waals surface area contributed by atoms with Crippen LogP contribution in [-0.4, -0.2) is 34.3 Å². The number of amides is 2. The molecular formula is C18H19N5O4. The molecule has 0 fully saturated rings. The Labute approximate surface area is 155 Å². The summed E-state index contributed by atoms with van der Waals surface area (Å²) in [6.45, 7) is 3.48. The quantitative estimate of drug-likeness (QED) is 0.588. The summed E-state index contributed by atoms with van der Waals surface area (Å²) in [6, 6.07) is 8.87. The molecule has 0 spiro atoms. The van der Waals surface area contributed by atoms with E-state index >= 15 is 0 Å². The molecule has 9 nitrogen and oxygen atoms in total. The average molecular weight is 369 g/mol. The van der Waals surface area contributed by atoms with Gasteiger partial charge in [-0.2, -0.15) is 5.10 Å². The van der Waals surface area contributed by atoms with E-state index in [2.05, 4.69) is 26.2 Å². The molecule has 0 aliphatic heterocycles. The molecule has 3 rings (SSSR count). The highest BCUT2D eigenvalue weighted by Crippen LogP contribution is 2.21. The Morgan fingerprint density at radius 2 is 1.93 bits per heavy atom. The molecule has 0 unspecified atom stereocenters. The Balaban J connectivity index is 1.58. The van der Waals surface area contributed by atoms with Crippen LogP contribution in [0, 0.1) is 13.8 Å². The van der Waals surface area contributed by atoms with E-state index in [9.17, 15) is 9.59 Å². The maximum absolute atomic E-state index is 12.2. The number of hydrogen-bond donors (Lipinski definition) is 3. The van der Waals surface area contributed by atoms with Gasteiger partial charge in [0.25, 0.3) is 5.91 Å². The summed E-state index contributed by atoms with van der Waals surface area (Å²) >= 11 is 0. The van der Waals surface area contributed by atoms with Crippen LogP contribution in [0.1, 0.15) is 27.5 Å². The zero-order valence-corrected chi connectivity index (χ0v) is 15.1. The van der Waals surface area contributed by atoms with Gasteiger partial charge in [0.2, 0.25) is 5.91 Å². The van der Waals surface area contributed by atoms with Gasteiger partial charge in [0, 0.05) is 11.1 Å². The summed E-state index contributed by atoms with van der Waals surface area (Å²) in [7, 11) is 1.59. The van der Waals surface area contributed by atoms with Gasteiger partial charge in [-0.15, -0.1) is 0 Å². The minimum Gasteiger partial charge on any atom is -0.497 e. The molecule has 2 heterocycles. The number of rotatable bonds is 5. The van der Waals surface area contributed by atoms with Crippen LogP contribution in [0.4, 0.5) is 0 Å². The van der Waals surface area contributed by atoms with Gasteiger partial charge < -0.3 is 9.26 Å². The lowest BCUT2D eigenvalue weighted by molar-refractivity contribution is -0.121. The first-order valence-electron chi connectivity index (χ1n) is 8.18. The molecule has 0 aliphatic rings. The van der Waals surface area contributed by atoms with Gasteiger partial charge in [-0.1, -0.05) is 5.16 Å². The lowest BCUT2D eigenvalue weighted by Crippen LogP contribution is -2.42. The lowest BCUT2D eigenvalue weighted by Gasteiger charge is -2.05. The van der Waals surface area contributed by atoms with Crippen LogP contribution < -0.4 is 15.6 Å². The third-order valence-electron chi connectivity index (χ3n) is 4.04. The first-order valence-corrected chi connectivity index (χ1v) is 8.18. The maximum Gasteiger partial charge on any atom is 0.287 e. The monoisotopic (exact) mass is 369 g/mol. The Hall–Kier alpha value is -3.62. The fourth-order valence-corrected chi connectivity index (χ4v) is 2.50. The highest BCUT2D eigenvalue weighted by atomic mass is 16.5. The minimum absolute atomic E-state index is 0.0571. The zero-order chi connectivity index (χ0) is 19.4. The Kier molecular flexibility index (Phi) is 5.20. The van der Waals surface area contributed by atoms with Gasteiger partial charge in [-0.3, -0.25) is 25.5 Å². The topological polar surface area (TPSA) is 122 Å². The SMILES string of the molecule is COc1ccc(-c2cc(C(=O)NNC(=O)Cc3c(C)noc3C)[nH]n2)cc1. The summed E-state index contributed by atoms with van der Waals surface area (Å²) < 4.78 is 10.1. The second-order valence-electron chi connectivity index (χ2n) is 5.88. The molecule has 0 saturated carbocycles. The number of benzene rings is 1. The van der Waals surface area contributed by atoms with Gasteiger partial charge in [0.1, 0.15) is 17.2 Å². The van der Waals surface area contributed by atoms with E-state index in [1.807, 2.05) is 12.1 Å². The maximum atomic E-state index is 12.2. The number of carbonyl (C=O) groups is 2. The van der Waals surface area contributed by atoms with Crippen molar-refractivity contribution in [1.82, 2.24) is 26.2 Å². The highest BCUT2D eigenvalue weighted by Gasteiger charge is 2.15. The number of hydrogen-bond acceptors (Lipinski definition) is 6. The Morgan fingerprint density at radius 3 is 2.56 bits per heavy atom. The number of methoxy groups -OCH3 is 1. The fourth-order valence-electron chi connectivity index (χ4n) is 2.50. The summed E-state index contributed by atoms with van der Waals surface area (Å²) in [4.78, 5) is 24.2. The molecule has 140 valence electrons. The van der Waals surface area contributed by atoms with E-state index in [0.29, 0.717) is 22.7 Å². The van der Waals surface area contributed by atoms with Crippen molar-refractivity contribution in [1.29, 1.82) is 0 Å². The van der Waals surface area contributed by atoms with E-state index in [1.165, 1.54) is 0 Å². The van der Waals surface area contributed by atoms with E-state index < -0.39 is 5.91 Å². The number of hydrazine groups is 1. The number of aromatic amines is 1. The van der Waals surface area contributed by atoms with Crippen molar-refractivity contribution >= 4 is 11.8 Å². The zero-order valence-electron chi connectivity index (χ0n) is 15.1. The van der Waals surface area contributed by atoms with Crippen molar-refractivity contribution in [2.75, 3.05) is 7.11 Å². The van der Waals surface area contributed by atoms with E-state index in [0.717, 1.165) is 11.3 Å². The van der Waals surface area contributed by atoms with Crippen molar-refractivity contribution in [2.45, 2.75) is 20.3 Å². The van der Waals surface area contributed by atoms with Crippen LogP contribution in [0.15, 0.2) is 34.9 Å². The minimum atomic E-state index is -0.505. The number of aryl methyl sites for hydroxylation is 2. The van der Waals surface area contributed by atoms with Crippen molar-refractivity contribution in [3.8, 4) is 17.0 Å². The molecule has 2 aromatic heterocycles. The van der Waals surface area contributed by atoms with Crippen molar-refractivity contribution in [3.63, 3.8) is 0 Å². The molecule has 3 N–H and O–H groups in total. The molecule has 0 aliphatic carbocycles. The van der Waals surface area contributed by atoms with Crippen LogP contribution in [0.25, 0.3) is 11.3 Å². The molecule has 1 aromatic carbocycles. The summed E-state index contributed by atoms with van der Waals surface area (Å²) in [5, 5.41) is 10.6. The first kappa shape index (κ1) is 18.2. The van der Waals surface area contributed by atoms with Gasteiger partial charge in [-0.25, -0.2) is 0 Å². The summed E-state index contributed by atoms with van der Waals surface area (Å²) in [5.74, 6) is 0.418. The molecule has 2 amide bonds. The van der Waals surface area contributed by atoms with Crippen molar-refractivity contribution in [3.05, 3.63) is 53.0 Å². The van der Waals surface area contributed by atoms with Crippen LogP contribution >= 0.6 is 0 Å². The Morgan fingerprint density at radius 1 is 1.19 bits per heavy atom. The van der Waals surface area contributed by atoms with E-state index in [-0.39, 0.29) is 18.0 Å². The fraction of sp³-hybridized carbons (Fsp3) is 0.222. The van der Waals surface area contributed by atoms with Crippen LogP contribution in [0.5, 0.6) is 5.75 Å². The lowest BCUT2D eigenvalue weighted by atomic mass is 10.1. The number of nitrogens with one attached hydrogen (secondary N) is 3. The predicted octanol–water partition coefficient (Wildman–Crippen LogP) is 1.69. The van der Waals surface area contributed by atoms with E-state index in [1.54, 1.807) is 39.2 Å². The average Bonchev–Trinajstić information content (AvgIpc) is 3.29. The largest absolute Gasteiger partial charge is 0.497 e. The number of H-pyrrole nitrogens is 1. The molecular weight excluding hydrogens is 350 g/mol. The van der Waals surface area contributed by atoms with Gasteiger partial charge in [0.05, 0.1) is 24.9 Å². The number of carbonyl (C=O) groups excluding carboxylic acids is 2. The summed E-state index contributed by atoms with van der Waals surface area (Å²) in [6.07, 6.45) is 0.0571. The predicted molar refractivity (Wildman–Crippen MR) is 95.9 cm³/mol. The highest BCUT2D eigenvalue weighted by molar-refractivity contribution is 5.94. The Bertz CT molecular complexity index is 939. The van der Waals surface area contributed by atoms with Crippen LogP contribution in [0.2, 0.25) is 0 Å². The number of nitrogens with zero attached hydrogens (tertiary/aromatic N) is 2. The second kappa shape index (κ2) is 7.73. The molecule has 27 heavy (non-hydrogen) atoms. The van der Waals surface area contributed by atoms with E-state index in [4.69, 9.17) is 9.26 Å². The van der Waals surface area contributed by atoms with Crippen molar-refractivity contribution in [2.24, 2.45) is 0 Å². The number of ether oxygens (including phenoxy) is 1. The first-order chi connectivity index (χ1) is 13.0. The molecule has 0 radical (unpaired) electrons. The van der Waals surface area contributed by atoms with Gasteiger partial charge in [-0.05, 0) is 44.2 Å². The normalized spacial score (nSPS) is 10.5. The van der Waals surface area contributed by atoms with Crippen LogP contribution in [-0.2, 0) is 11.2 Å². The third-order valence-corrected chi connectivity index (χ3v) is 4.04. The standard InChI is InChI=1S/C18H19N5O4/c1-10-14(11(2)27-23-10)8-17(24)21-22-18(25)16-9-15(19-20-16)12-4-6-13(26-3)7-5-12/h4-7,9H,8H2,1-3H3,(H,19,20)(H,21,24)(H,22,25). The number of aromatic nitrogens is 3. The van der Waals surface area contributed by atoms with Crippen molar-refractivity contribution < 1.29 is 18.8 Å².